The van der Waals surface area contributed by atoms with E-state index in [2.05, 4.69) is 5.32 Å². The van der Waals surface area contributed by atoms with Gasteiger partial charge in [0.2, 0.25) is 5.91 Å². The standard InChI is InChI=1S/C11H22N4O3/c1-4-7-15(8-9(16)14(2)3)11(18)10(17)13-6-5-12/h4-8,12H2,1-3H3,(H,13,17). The minimum absolute atomic E-state index is 0.0876. The molecule has 0 aliphatic carbocycles. The minimum atomic E-state index is -0.722. The van der Waals surface area contributed by atoms with E-state index < -0.39 is 11.8 Å². The van der Waals surface area contributed by atoms with Crippen molar-refractivity contribution in [3.05, 3.63) is 0 Å². The summed E-state index contributed by atoms with van der Waals surface area (Å²) in [7, 11) is 3.21. The maximum atomic E-state index is 11.8. The van der Waals surface area contributed by atoms with Gasteiger partial charge in [0.1, 0.15) is 6.54 Å². The Morgan fingerprint density at radius 1 is 1.22 bits per heavy atom. The Morgan fingerprint density at radius 3 is 2.28 bits per heavy atom. The van der Waals surface area contributed by atoms with E-state index in [0.717, 1.165) is 0 Å². The van der Waals surface area contributed by atoms with Crippen LogP contribution in [0, 0.1) is 0 Å². The van der Waals surface area contributed by atoms with Crippen molar-refractivity contribution in [2.45, 2.75) is 13.3 Å². The smallest absolute Gasteiger partial charge is 0.312 e. The highest BCUT2D eigenvalue weighted by Gasteiger charge is 2.23. The first-order chi connectivity index (χ1) is 8.43. The molecule has 0 saturated heterocycles. The first kappa shape index (κ1) is 16.4. The van der Waals surface area contributed by atoms with Crippen LogP contribution in [-0.2, 0) is 14.4 Å². The number of amides is 3. The topological polar surface area (TPSA) is 95.7 Å². The summed E-state index contributed by atoms with van der Waals surface area (Å²) in [6.45, 7) is 2.66. The van der Waals surface area contributed by atoms with Gasteiger partial charge in [0, 0.05) is 33.7 Å². The molecule has 0 radical (unpaired) electrons. The Hall–Kier alpha value is -1.63. The van der Waals surface area contributed by atoms with Crippen LogP contribution in [0.3, 0.4) is 0 Å². The molecule has 0 atom stereocenters. The van der Waals surface area contributed by atoms with Gasteiger partial charge in [-0.15, -0.1) is 0 Å². The lowest BCUT2D eigenvalue weighted by Crippen LogP contribution is -2.48. The summed E-state index contributed by atoms with van der Waals surface area (Å²) in [5.74, 6) is -1.63. The van der Waals surface area contributed by atoms with Crippen molar-refractivity contribution in [1.29, 1.82) is 0 Å². The lowest BCUT2D eigenvalue weighted by atomic mass is 10.3. The van der Waals surface area contributed by atoms with Crippen LogP contribution in [-0.4, -0.2) is 67.8 Å². The highest BCUT2D eigenvalue weighted by molar-refractivity contribution is 6.35. The van der Waals surface area contributed by atoms with Gasteiger partial charge in [0.25, 0.3) is 0 Å². The largest absolute Gasteiger partial charge is 0.347 e. The number of hydrogen-bond acceptors (Lipinski definition) is 4. The van der Waals surface area contributed by atoms with E-state index >= 15 is 0 Å². The van der Waals surface area contributed by atoms with Gasteiger partial charge in [0.05, 0.1) is 0 Å². The molecule has 3 amide bonds. The van der Waals surface area contributed by atoms with Crippen molar-refractivity contribution < 1.29 is 14.4 Å². The van der Waals surface area contributed by atoms with Crippen molar-refractivity contribution in [2.75, 3.05) is 40.3 Å². The highest BCUT2D eigenvalue weighted by atomic mass is 16.2. The summed E-state index contributed by atoms with van der Waals surface area (Å²) < 4.78 is 0. The molecule has 0 bridgehead atoms. The maximum Gasteiger partial charge on any atom is 0.312 e. The van der Waals surface area contributed by atoms with E-state index in [1.807, 2.05) is 6.92 Å². The van der Waals surface area contributed by atoms with E-state index in [1.165, 1.54) is 9.80 Å². The van der Waals surface area contributed by atoms with Crippen molar-refractivity contribution in [3.8, 4) is 0 Å². The zero-order chi connectivity index (χ0) is 14.1. The highest BCUT2D eigenvalue weighted by Crippen LogP contribution is 1.95. The molecule has 0 aliphatic rings. The number of nitrogens with one attached hydrogen (secondary N) is 1. The number of hydrogen-bond donors (Lipinski definition) is 2. The van der Waals surface area contributed by atoms with Crippen LogP contribution in [0.5, 0.6) is 0 Å². The van der Waals surface area contributed by atoms with Crippen LogP contribution < -0.4 is 11.1 Å². The summed E-state index contributed by atoms with van der Waals surface area (Å²) in [5, 5.41) is 2.39. The molecule has 0 heterocycles. The molecule has 18 heavy (non-hydrogen) atoms. The number of carbonyl (C=O) groups excluding carboxylic acids is 3. The minimum Gasteiger partial charge on any atom is -0.347 e. The second-order valence-electron chi connectivity index (χ2n) is 4.06. The van der Waals surface area contributed by atoms with Crippen molar-refractivity contribution >= 4 is 17.7 Å². The summed E-state index contributed by atoms with van der Waals surface area (Å²) in [4.78, 5) is 37.5. The zero-order valence-corrected chi connectivity index (χ0v) is 11.2. The van der Waals surface area contributed by atoms with Gasteiger partial charge >= 0.3 is 11.8 Å². The van der Waals surface area contributed by atoms with Gasteiger partial charge in [-0.25, -0.2) is 0 Å². The number of likely N-dealkylation sites (N-methyl/N-ethyl adjacent to an activating group) is 1. The second-order valence-corrected chi connectivity index (χ2v) is 4.06. The van der Waals surface area contributed by atoms with E-state index in [0.29, 0.717) is 13.0 Å². The molecular formula is C11H22N4O3. The normalized spacial score (nSPS) is 9.78. The molecule has 0 rings (SSSR count). The van der Waals surface area contributed by atoms with Crippen molar-refractivity contribution in [2.24, 2.45) is 5.73 Å². The van der Waals surface area contributed by atoms with Gasteiger partial charge in [-0.1, -0.05) is 6.92 Å². The summed E-state index contributed by atoms with van der Waals surface area (Å²) >= 11 is 0. The Labute approximate surface area is 107 Å². The SMILES string of the molecule is CCCN(CC(=O)N(C)C)C(=O)C(=O)NCCN. The van der Waals surface area contributed by atoms with Gasteiger partial charge in [0.15, 0.2) is 0 Å². The first-order valence-electron chi connectivity index (χ1n) is 5.91. The third-order valence-corrected chi connectivity index (χ3v) is 2.23. The lowest BCUT2D eigenvalue weighted by Gasteiger charge is -2.22. The lowest BCUT2D eigenvalue weighted by molar-refractivity contribution is -0.148. The fourth-order valence-electron chi connectivity index (χ4n) is 1.23. The molecule has 7 heteroatoms. The van der Waals surface area contributed by atoms with E-state index in [1.54, 1.807) is 14.1 Å². The van der Waals surface area contributed by atoms with Crippen LogP contribution in [0.4, 0.5) is 0 Å². The Morgan fingerprint density at radius 2 is 1.83 bits per heavy atom. The van der Waals surface area contributed by atoms with Gasteiger partial charge in [-0.2, -0.15) is 0 Å². The molecule has 0 fully saturated rings. The van der Waals surface area contributed by atoms with E-state index in [9.17, 15) is 14.4 Å². The molecule has 3 N–H and O–H groups in total. The quantitative estimate of drug-likeness (QED) is 0.560. The van der Waals surface area contributed by atoms with E-state index in [-0.39, 0.29) is 25.5 Å². The Balaban J connectivity index is 4.53. The molecule has 7 nitrogen and oxygen atoms in total. The molecule has 0 unspecified atom stereocenters. The summed E-state index contributed by atoms with van der Waals surface area (Å²) in [6.07, 6.45) is 0.677. The molecule has 104 valence electrons. The molecule has 0 aromatic carbocycles. The summed E-state index contributed by atoms with van der Waals surface area (Å²) in [6, 6.07) is 0. The number of nitrogens with two attached hydrogens (primary N) is 1. The van der Waals surface area contributed by atoms with E-state index in [4.69, 9.17) is 5.73 Å². The first-order valence-corrected chi connectivity index (χ1v) is 5.91. The third-order valence-electron chi connectivity index (χ3n) is 2.23. The van der Waals surface area contributed by atoms with Crippen molar-refractivity contribution in [3.63, 3.8) is 0 Å². The predicted octanol–water partition coefficient (Wildman–Crippen LogP) is -1.61. The Kier molecular flexibility index (Phi) is 7.69. The fourth-order valence-corrected chi connectivity index (χ4v) is 1.23. The maximum absolute atomic E-state index is 11.8. The van der Waals surface area contributed by atoms with Gasteiger partial charge in [-0.05, 0) is 6.42 Å². The van der Waals surface area contributed by atoms with Crippen LogP contribution in [0.25, 0.3) is 0 Å². The van der Waals surface area contributed by atoms with Gasteiger partial charge in [-0.3, -0.25) is 14.4 Å². The number of rotatable bonds is 6. The second kappa shape index (κ2) is 8.46. The number of carbonyl (C=O) groups is 3. The summed E-state index contributed by atoms with van der Waals surface area (Å²) in [5.41, 5.74) is 5.23. The van der Waals surface area contributed by atoms with Crippen LogP contribution in [0.1, 0.15) is 13.3 Å². The molecule has 0 aromatic heterocycles. The monoisotopic (exact) mass is 258 g/mol. The fraction of sp³-hybridized carbons (Fsp3) is 0.727. The van der Waals surface area contributed by atoms with Crippen molar-refractivity contribution in [1.82, 2.24) is 15.1 Å². The Bertz CT molecular complexity index is 305. The number of nitrogens with zero attached hydrogens (tertiary/aromatic N) is 2. The third kappa shape index (κ3) is 5.62. The zero-order valence-electron chi connectivity index (χ0n) is 11.2. The van der Waals surface area contributed by atoms with Crippen LogP contribution >= 0.6 is 0 Å². The molecule has 0 spiro atoms. The van der Waals surface area contributed by atoms with Crippen LogP contribution in [0.2, 0.25) is 0 Å². The molecule has 0 aliphatic heterocycles. The molecular weight excluding hydrogens is 236 g/mol. The molecule has 0 saturated carbocycles. The average molecular weight is 258 g/mol. The predicted molar refractivity (Wildman–Crippen MR) is 67.6 cm³/mol. The average Bonchev–Trinajstić information content (AvgIpc) is 2.34. The van der Waals surface area contributed by atoms with Crippen LogP contribution in [0.15, 0.2) is 0 Å². The van der Waals surface area contributed by atoms with Gasteiger partial charge < -0.3 is 20.9 Å². The molecule has 0 aromatic rings.